The molecular weight excluding hydrogens is 252 g/mol. The number of H-pyrrole nitrogens is 2. The molecule has 0 saturated carbocycles. The minimum absolute atomic E-state index is 0.207. The maximum atomic E-state index is 12.1. The van der Waals surface area contributed by atoms with Crippen LogP contribution in [0.25, 0.3) is 0 Å². The van der Waals surface area contributed by atoms with Crippen molar-refractivity contribution in [1.82, 2.24) is 19.7 Å². The number of nitrogens with zero attached hydrogens (tertiary/aromatic N) is 2. The predicted octanol–water partition coefficient (Wildman–Crippen LogP) is -1.24. The van der Waals surface area contributed by atoms with E-state index >= 15 is 0 Å². The largest absolute Gasteiger partial charge is 0.383 e. The first-order valence-electron chi connectivity index (χ1n) is 4.38. The Bertz CT molecular complexity index is 705. The van der Waals surface area contributed by atoms with Crippen LogP contribution < -0.4 is 22.7 Å². The summed E-state index contributed by atoms with van der Waals surface area (Å²) in [6.45, 7) is 0. The predicted molar refractivity (Wildman–Crippen MR) is 57.1 cm³/mol. The van der Waals surface area contributed by atoms with Crippen LogP contribution in [0.4, 0.5) is 14.7 Å². The second kappa shape index (κ2) is 5.52. The molecule has 2 heterocycles. The summed E-state index contributed by atoms with van der Waals surface area (Å²) in [4.78, 5) is 37.2. The minimum Gasteiger partial charge on any atom is -0.383 e. The lowest BCUT2D eigenvalue weighted by Crippen LogP contribution is -2.24. The molecule has 2 rings (SSSR count). The molecule has 0 unspecified atom stereocenters. The van der Waals surface area contributed by atoms with E-state index in [1.165, 1.54) is 0 Å². The van der Waals surface area contributed by atoms with Gasteiger partial charge in [-0.2, -0.15) is 4.98 Å². The van der Waals surface area contributed by atoms with Gasteiger partial charge in [0.1, 0.15) is 5.82 Å². The highest BCUT2D eigenvalue weighted by Crippen LogP contribution is 1.96. The Labute approximate surface area is 96.7 Å². The SMILES string of the molecule is Nc1[nH]c(=O)ncc1F.O=c1ccn(F)c(=O)[nH]1. The Morgan fingerprint density at radius 3 is 2.39 bits per heavy atom. The van der Waals surface area contributed by atoms with Gasteiger partial charge < -0.3 is 5.73 Å². The zero-order valence-corrected chi connectivity index (χ0v) is 8.68. The highest BCUT2D eigenvalue weighted by Gasteiger charge is 1.95. The molecule has 4 N–H and O–H groups in total. The molecule has 0 aromatic carbocycles. The smallest absolute Gasteiger partial charge is 0.356 e. The van der Waals surface area contributed by atoms with Crippen molar-refractivity contribution in [2.24, 2.45) is 0 Å². The topological polar surface area (TPSA) is 127 Å². The van der Waals surface area contributed by atoms with E-state index in [0.717, 1.165) is 18.5 Å². The molecule has 0 radical (unpaired) electrons. The minimum atomic E-state index is -1.05. The van der Waals surface area contributed by atoms with E-state index in [1.807, 2.05) is 4.98 Å². The van der Waals surface area contributed by atoms with Gasteiger partial charge in [-0.3, -0.25) is 14.8 Å². The molecule has 0 atom stereocenters. The fourth-order valence-electron chi connectivity index (χ4n) is 0.793. The summed E-state index contributed by atoms with van der Waals surface area (Å²) in [7, 11) is 0. The van der Waals surface area contributed by atoms with Gasteiger partial charge in [-0.25, -0.2) is 14.0 Å². The number of aromatic nitrogens is 4. The zero-order chi connectivity index (χ0) is 13.7. The molecule has 8 nitrogen and oxygen atoms in total. The number of nitrogens with one attached hydrogen (secondary N) is 2. The van der Waals surface area contributed by atoms with Crippen LogP contribution in [0.2, 0.25) is 0 Å². The van der Waals surface area contributed by atoms with Gasteiger partial charge in [0, 0.05) is 12.3 Å². The first-order valence-corrected chi connectivity index (χ1v) is 4.38. The quantitative estimate of drug-likeness (QED) is 0.545. The maximum absolute atomic E-state index is 12.1. The number of nitrogen functional groups attached to an aromatic ring is 1. The van der Waals surface area contributed by atoms with Gasteiger partial charge in [0.2, 0.25) is 0 Å². The van der Waals surface area contributed by atoms with Crippen LogP contribution in [-0.2, 0) is 0 Å². The zero-order valence-electron chi connectivity index (χ0n) is 8.68. The van der Waals surface area contributed by atoms with Crippen LogP contribution in [0.5, 0.6) is 0 Å². The number of anilines is 1. The van der Waals surface area contributed by atoms with Crippen LogP contribution in [0, 0.1) is 5.82 Å². The Morgan fingerprint density at radius 1 is 1.28 bits per heavy atom. The maximum Gasteiger partial charge on any atom is 0.356 e. The molecule has 0 aliphatic rings. The van der Waals surface area contributed by atoms with E-state index in [0.29, 0.717) is 0 Å². The van der Waals surface area contributed by atoms with E-state index in [2.05, 4.69) is 4.98 Å². The number of aromatic amines is 2. The van der Waals surface area contributed by atoms with Crippen LogP contribution in [0.15, 0.2) is 32.8 Å². The van der Waals surface area contributed by atoms with E-state index < -0.39 is 22.8 Å². The standard InChI is InChI=1S/C4H4FN3O.C4H3FN2O2/c5-2-1-7-4(9)8-3(2)6;5-7-2-1-3(8)6-4(7)9/h1H,(H3,6,7,8,9);1-2H,(H,6,8,9). The van der Waals surface area contributed by atoms with Crippen molar-refractivity contribution in [3.05, 3.63) is 55.6 Å². The normalized spacial score (nSPS) is 9.44. The van der Waals surface area contributed by atoms with E-state index in [-0.39, 0.29) is 10.6 Å². The summed E-state index contributed by atoms with van der Waals surface area (Å²) in [5.41, 5.74) is 2.65. The average molecular weight is 259 g/mol. The lowest BCUT2D eigenvalue weighted by Gasteiger charge is -1.89. The second-order valence-corrected chi connectivity index (χ2v) is 2.87. The molecule has 0 saturated heterocycles. The van der Waals surface area contributed by atoms with Crippen molar-refractivity contribution in [1.29, 1.82) is 0 Å². The van der Waals surface area contributed by atoms with Crippen LogP contribution >= 0.6 is 0 Å². The fraction of sp³-hybridized carbons (Fsp3) is 0. The summed E-state index contributed by atoms with van der Waals surface area (Å²) < 4.78 is 24.1. The van der Waals surface area contributed by atoms with Crippen molar-refractivity contribution in [2.75, 3.05) is 5.73 Å². The van der Waals surface area contributed by atoms with Gasteiger partial charge in [-0.1, -0.05) is 4.48 Å². The number of halogens is 2. The van der Waals surface area contributed by atoms with Gasteiger partial charge in [-0.05, 0) is 0 Å². The molecule has 0 aliphatic carbocycles. The molecule has 2 aromatic heterocycles. The van der Waals surface area contributed by atoms with E-state index in [1.54, 1.807) is 4.98 Å². The van der Waals surface area contributed by atoms with Gasteiger partial charge in [0.05, 0.1) is 6.20 Å². The third-order valence-corrected chi connectivity index (χ3v) is 1.57. The Balaban J connectivity index is 0.000000180. The summed E-state index contributed by atoms with van der Waals surface area (Å²) in [5.74, 6) is -0.996. The first-order chi connectivity index (χ1) is 8.40. The van der Waals surface area contributed by atoms with Crippen LogP contribution in [-0.4, -0.2) is 19.7 Å². The number of hydrogen-bond donors (Lipinski definition) is 3. The summed E-state index contributed by atoms with van der Waals surface area (Å²) >= 11 is 0. The molecule has 0 fully saturated rings. The van der Waals surface area contributed by atoms with E-state index in [4.69, 9.17) is 5.73 Å². The molecule has 2 aromatic rings. The van der Waals surface area contributed by atoms with Crippen molar-refractivity contribution < 1.29 is 8.87 Å². The molecule has 0 amide bonds. The molecule has 0 spiro atoms. The van der Waals surface area contributed by atoms with Crippen molar-refractivity contribution in [2.45, 2.75) is 0 Å². The van der Waals surface area contributed by atoms with Crippen molar-refractivity contribution in [3.63, 3.8) is 0 Å². The average Bonchev–Trinajstić information content (AvgIpc) is 2.30. The molecule has 18 heavy (non-hydrogen) atoms. The highest BCUT2D eigenvalue weighted by molar-refractivity contribution is 5.25. The molecule has 0 aliphatic heterocycles. The Kier molecular flexibility index (Phi) is 4.07. The van der Waals surface area contributed by atoms with Crippen molar-refractivity contribution in [3.8, 4) is 0 Å². The summed E-state index contributed by atoms with van der Waals surface area (Å²) in [6.07, 6.45) is 1.52. The Morgan fingerprint density at radius 2 is 1.94 bits per heavy atom. The molecule has 10 heteroatoms. The third-order valence-electron chi connectivity index (χ3n) is 1.57. The Hall–Kier alpha value is -2.78. The van der Waals surface area contributed by atoms with Gasteiger partial charge >= 0.3 is 11.4 Å². The third kappa shape index (κ3) is 3.66. The lowest BCUT2D eigenvalue weighted by atomic mass is 10.6. The summed E-state index contributed by atoms with van der Waals surface area (Å²) in [6, 6.07) is 0.918. The molecule has 0 bridgehead atoms. The molecule has 96 valence electrons. The molecular formula is C8H7F2N5O3. The van der Waals surface area contributed by atoms with Crippen molar-refractivity contribution >= 4 is 5.82 Å². The first kappa shape index (κ1) is 13.3. The number of rotatable bonds is 0. The fourth-order valence-corrected chi connectivity index (χ4v) is 0.793. The highest BCUT2D eigenvalue weighted by atomic mass is 19.2. The number of nitrogens with two attached hydrogens (primary N) is 1. The van der Waals surface area contributed by atoms with Crippen LogP contribution in [0.1, 0.15) is 0 Å². The van der Waals surface area contributed by atoms with Gasteiger partial charge in [-0.15, -0.1) is 4.79 Å². The van der Waals surface area contributed by atoms with E-state index in [9.17, 15) is 23.3 Å². The number of hydrogen-bond acceptors (Lipinski definition) is 5. The monoisotopic (exact) mass is 259 g/mol. The van der Waals surface area contributed by atoms with Gasteiger partial charge in [0.15, 0.2) is 5.82 Å². The van der Waals surface area contributed by atoms with Crippen LogP contribution in [0.3, 0.4) is 0 Å². The summed E-state index contributed by atoms with van der Waals surface area (Å²) in [5, 5.41) is 0. The lowest BCUT2D eigenvalue weighted by molar-refractivity contribution is 0.343. The van der Waals surface area contributed by atoms with Gasteiger partial charge in [0.25, 0.3) is 5.56 Å². The second-order valence-electron chi connectivity index (χ2n) is 2.87.